The molecule has 0 radical (unpaired) electrons. The van der Waals surface area contributed by atoms with Crippen LogP contribution in [0.3, 0.4) is 0 Å². The Morgan fingerprint density at radius 2 is 1.62 bits per heavy atom. The van der Waals surface area contributed by atoms with Crippen LogP contribution in [0, 0.1) is 0 Å². The fourth-order valence-corrected chi connectivity index (χ4v) is 2.05. The predicted octanol–water partition coefficient (Wildman–Crippen LogP) is 3.86. The lowest BCUT2D eigenvalue weighted by Crippen LogP contribution is -1.86. The van der Waals surface area contributed by atoms with Crippen LogP contribution in [0.1, 0.15) is 10.6 Å². The summed E-state index contributed by atoms with van der Waals surface area (Å²) in [6.07, 6.45) is 2.73. The van der Waals surface area contributed by atoms with Gasteiger partial charge in [-0.15, -0.1) is 11.3 Å². The number of nitrogens with zero attached hydrogens (tertiary/aromatic N) is 1. The molecule has 0 bridgehead atoms. The minimum Gasteiger partial charge on any atom is -0.250 e. The zero-order valence-electron chi connectivity index (χ0n) is 8.91. The monoisotopic (exact) mass is 227 g/mol. The Bertz CT molecular complexity index is 451. The van der Waals surface area contributed by atoms with Crippen LogP contribution in [0.2, 0.25) is 0 Å². The fourth-order valence-electron chi connectivity index (χ4n) is 1.36. The lowest BCUT2D eigenvalue weighted by atomic mass is 10.2. The molecule has 1 aromatic heterocycles. The molecule has 2 rings (SSSR count). The molecule has 0 fully saturated rings. The third-order valence-corrected chi connectivity index (χ3v) is 2.93. The zero-order valence-corrected chi connectivity index (χ0v) is 9.73. The fraction of sp³-hybridized carbons (Fsp3) is 0.0714. The number of benzene rings is 1. The highest BCUT2D eigenvalue weighted by atomic mass is 32.1. The molecule has 0 saturated heterocycles. The van der Waals surface area contributed by atoms with Gasteiger partial charge in [0.05, 0.1) is 5.01 Å². The highest BCUT2D eigenvalue weighted by Crippen LogP contribution is 2.08. The molecule has 16 heavy (non-hydrogen) atoms. The Labute approximate surface area is 99.8 Å². The van der Waals surface area contributed by atoms with Crippen LogP contribution in [0.5, 0.6) is 0 Å². The molecule has 0 atom stereocenters. The smallest absolute Gasteiger partial charge is 0.0967 e. The standard InChI is InChI=1S/C14H13NS/c1-2-7-11-16-14(15-10-6-1)12-13-8-4-3-5-9-13/h1-11H,12H2. The van der Waals surface area contributed by atoms with Crippen molar-refractivity contribution in [2.45, 2.75) is 6.42 Å². The molecule has 2 aromatic rings. The minimum atomic E-state index is 0.889. The van der Waals surface area contributed by atoms with Gasteiger partial charge in [0.15, 0.2) is 0 Å². The van der Waals surface area contributed by atoms with Crippen molar-refractivity contribution < 1.29 is 0 Å². The summed E-state index contributed by atoms with van der Waals surface area (Å²) in [6, 6.07) is 18.4. The number of hydrogen-bond acceptors (Lipinski definition) is 2. The van der Waals surface area contributed by atoms with E-state index >= 15 is 0 Å². The first kappa shape index (κ1) is 10.8. The summed E-state index contributed by atoms with van der Waals surface area (Å²) in [5.74, 6) is 0. The SMILES string of the molecule is c1cccsc(Cc2ccccc2)ncc1. The highest BCUT2D eigenvalue weighted by Gasteiger charge is 1.94. The third kappa shape index (κ3) is 3.48. The summed E-state index contributed by atoms with van der Waals surface area (Å²) >= 11 is 1.67. The molecule has 0 aliphatic rings. The second kappa shape index (κ2) is 6.03. The number of rotatable bonds is 2. The quantitative estimate of drug-likeness (QED) is 0.759. The first-order valence-corrected chi connectivity index (χ1v) is 6.09. The zero-order chi connectivity index (χ0) is 11.1. The molecule has 0 aliphatic carbocycles. The summed E-state index contributed by atoms with van der Waals surface area (Å²) in [7, 11) is 0. The summed E-state index contributed by atoms with van der Waals surface area (Å²) in [4.78, 5) is 4.44. The van der Waals surface area contributed by atoms with Crippen molar-refractivity contribution in [2.24, 2.45) is 0 Å². The Kier molecular flexibility index (Phi) is 4.08. The molecular weight excluding hydrogens is 214 g/mol. The molecule has 0 N–H and O–H groups in total. The largest absolute Gasteiger partial charge is 0.250 e. The lowest BCUT2D eigenvalue weighted by Gasteiger charge is -1.97. The van der Waals surface area contributed by atoms with Crippen LogP contribution in [0.15, 0.2) is 66.2 Å². The van der Waals surface area contributed by atoms with Crippen molar-refractivity contribution in [3.63, 3.8) is 0 Å². The maximum atomic E-state index is 4.44. The van der Waals surface area contributed by atoms with Gasteiger partial charge >= 0.3 is 0 Å². The number of hydrogen-bond donors (Lipinski definition) is 0. The van der Waals surface area contributed by atoms with E-state index in [-0.39, 0.29) is 0 Å². The van der Waals surface area contributed by atoms with Crippen LogP contribution in [-0.4, -0.2) is 4.98 Å². The molecule has 0 amide bonds. The van der Waals surface area contributed by atoms with Crippen molar-refractivity contribution in [2.75, 3.05) is 0 Å². The molecule has 0 spiro atoms. The maximum Gasteiger partial charge on any atom is 0.0967 e. The average molecular weight is 227 g/mol. The Morgan fingerprint density at radius 3 is 2.50 bits per heavy atom. The third-order valence-electron chi connectivity index (χ3n) is 2.12. The van der Waals surface area contributed by atoms with E-state index in [1.54, 1.807) is 11.3 Å². The van der Waals surface area contributed by atoms with Crippen LogP contribution in [0.25, 0.3) is 0 Å². The van der Waals surface area contributed by atoms with E-state index in [0.717, 1.165) is 11.4 Å². The van der Waals surface area contributed by atoms with Crippen molar-refractivity contribution in [3.8, 4) is 0 Å². The van der Waals surface area contributed by atoms with E-state index in [0.29, 0.717) is 0 Å². The van der Waals surface area contributed by atoms with Gasteiger partial charge < -0.3 is 0 Å². The van der Waals surface area contributed by atoms with Gasteiger partial charge in [-0.1, -0.05) is 48.5 Å². The molecule has 2 heteroatoms. The molecule has 0 aliphatic heterocycles. The van der Waals surface area contributed by atoms with Crippen LogP contribution >= 0.6 is 11.3 Å². The molecule has 0 unspecified atom stereocenters. The molecular formula is C14H13NS. The van der Waals surface area contributed by atoms with Gasteiger partial charge in [0.2, 0.25) is 0 Å². The van der Waals surface area contributed by atoms with Gasteiger partial charge in [0, 0.05) is 12.6 Å². The Morgan fingerprint density at radius 1 is 0.875 bits per heavy atom. The van der Waals surface area contributed by atoms with Gasteiger partial charge in [-0.3, -0.25) is 4.98 Å². The van der Waals surface area contributed by atoms with E-state index < -0.39 is 0 Å². The molecule has 1 aromatic carbocycles. The summed E-state index contributed by atoms with van der Waals surface area (Å²) in [5, 5.41) is 3.17. The minimum absolute atomic E-state index is 0.889. The van der Waals surface area contributed by atoms with E-state index in [4.69, 9.17) is 0 Å². The number of aromatic nitrogens is 1. The van der Waals surface area contributed by atoms with Crippen molar-refractivity contribution in [1.29, 1.82) is 0 Å². The molecule has 1 nitrogen and oxygen atoms in total. The maximum absolute atomic E-state index is 4.44. The van der Waals surface area contributed by atoms with Crippen LogP contribution < -0.4 is 0 Å². The first-order valence-electron chi connectivity index (χ1n) is 5.21. The molecule has 1 heterocycles. The second-order valence-corrected chi connectivity index (χ2v) is 4.34. The Hall–Kier alpha value is -1.67. The highest BCUT2D eigenvalue weighted by molar-refractivity contribution is 7.09. The summed E-state index contributed by atoms with van der Waals surface area (Å²) in [5.41, 5.74) is 1.29. The van der Waals surface area contributed by atoms with Crippen molar-refractivity contribution in [1.82, 2.24) is 4.98 Å². The molecule has 0 saturated carbocycles. The van der Waals surface area contributed by atoms with Crippen LogP contribution in [-0.2, 0) is 6.42 Å². The van der Waals surface area contributed by atoms with Crippen LogP contribution in [0.4, 0.5) is 0 Å². The van der Waals surface area contributed by atoms with Gasteiger partial charge in [-0.2, -0.15) is 0 Å². The van der Waals surface area contributed by atoms with Gasteiger partial charge in [0.25, 0.3) is 0 Å². The predicted molar refractivity (Wildman–Crippen MR) is 69.0 cm³/mol. The Balaban J connectivity index is 2.26. The van der Waals surface area contributed by atoms with E-state index in [1.165, 1.54) is 5.56 Å². The molecule has 80 valence electrons. The van der Waals surface area contributed by atoms with Gasteiger partial charge in [0.1, 0.15) is 0 Å². The van der Waals surface area contributed by atoms with E-state index in [1.807, 2.05) is 36.5 Å². The summed E-state index contributed by atoms with van der Waals surface area (Å²) in [6.45, 7) is 0. The lowest BCUT2D eigenvalue weighted by molar-refractivity contribution is 1.13. The second-order valence-electron chi connectivity index (χ2n) is 3.36. The van der Waals surface area contributed by atoms with Gasteiger partial charge in [-0.25, -0.2) is 0 Å². The van der Waals surface area contributed by atoms with Crippen molar-refractivity contribution in [3.05, 3.63) is 76.7 Å². The van der Waals surface area contributed by atoms with Gasteiger partial charge in [-0.05, 0) is 17.0 Å². The topological polar surface area (TPSA) is 12.9 Å². The first-order chi connectivity index (χ1) is 7.95. The van der Waals surface area contributed by atoms with E-state index in [9.17, 15) is 0 Å². The average Bonchev–Trinajstić information content (AvgIpc) is 2.45. The summed E-state index contributed by atoms with van der Waals surface area (Å²) < 4.78 is 0. The normalized spacial score (nSPS) is 9.50. The van der Waals surface area contributed by atoms with Crippen molar-refractivity contribution >= 4 is 11.3 Å². The van der Waals surface area contributed by atoms with E-state index in [2.05, 4.69) is 34.6 Å².